The number of hydrogen-bond donors (Lipinski definition) is 2. The topological polar surface area (TPSA) is 66.2 Å². The number of phenols is 2. The molecule has 0 aliphatic rings. The smallest absolute Gasteiger partial charge is 0.115 e. The molecule has 3 aromatic carbocycles. The minimum atomic E-state index is 0.208. The summed E-state index contributed by atoms with van der Waals surface area (Å²) in [6.07, 6.45) is 0. The monoisotopic (exact) mass is 342 g/mol. The molecule has 0 aliphatic heterocycles. The van der Waals surface area contributed by atoms with Crippen molar-refractivity contribution in [3.8, 4) is 34.0 Å². The molecular formula is C22H18N2O2. The van der Waals surface area contributed by atoms with E-state index in [2.05, 4.69) is 13.8 Å². The van der Waals surface area contributed by atoms with Crippen LogP contribution < -0.4 is 0 Å². The maximum atomic E-state index is 9.60. The predicted molar refractivity (Wildman–Crippen MR) is 103 cm³/mol. The Labute approximate surface area is 151 Å². The summed E-state index contributed by atoms with van der Waals surface area (Å²) < 4.78 is 0. The van der Waals surface area contributed by atoms with Crippen LogP contribution in [0, 0.1) is 13.8 Å². The molecule has 4 nitrogen and oxygen atoms in total. The third kappa shape index (κ3) is 2.86. The average molecular weight is 342 g/mol. The van der Waals surface area contributed by atoms with E-state index in [0.29, 0.717) is 0 Å². The van der Waals surface area contributed by atoms with Gasteiger partial charge in [0.15, 0.2) is 0 Å². The fourth-order valence-electron chi connectivity index (χ4n) is 2.95. The molecule has 0 unspecified atom stereocenters. The molecule has 1 aromatic heterocycles. The Morgan fingerprint density at radius 1 is 0.577 bits per heavy atom. The first-order valence-corrected chi connectivity index (χ1v) is 8.39. The maximum Gasteiger partial charge on any atom is 0.115 e. The lowest BCUT2D eigenvalue weighted by Crippen LogP contribution is -1.96. The van der Waals surface area contributed by atoms with Crippen LogP contribution in [0.4, 0.5) is 0 Å². The highest BCUT2D eigenvalue weighted by Gasteiger charge is 2.14. The standard InChI is InChI=1S/C22H18N2O2/c1-13-11-19-20(12-14(13)2)24-22(16-5-9-18(26)10-6-16)21(23-19)15-3-7-17(25)8-4-15/h3-12,25-26H,1-2H3. The lowest BCUT2D eigenvalue weighted by molar-refractivity contribution is 0.475. The lowest BCUT2D eigenvalue weighted by Gasteiger charge is -2.12. The van der Waals surface area contributed by atoms with Gasteiger partial charge < -0.3 is 10.2 Å². The lowest BCUT2D eigenvalue weighted by atomic mass is 10.0. The molecule has 4 heteroatoms. The van der Waals surface area contributed by atoms with Crippen LogP contribution in [0.5, 0.6) is 11.5 Å². The van der Waals surface area contributed by atoms with E-state index in [0.717, 1.165) is 33.5 Å². The van der Waals surface area contributed by atoms with Gasteiger partial charge in [-0.25, -0.2) is 9.97 Å². The molecule has 4 aromatic rings. The highest BCUT2D eigenvalue weighted by Crippen LogP contribution is 2.33. The minimum absolute atomic E-state index is 0.208. The summed E-state index contributed by atoms with van der Waals surface area (Å²) in [5.74, 6) is 0.417. The highest BCUT2D eigenvalue weighted by molar-refractivity contribution is 5.87. The summed E-state index contributed by atoms with van der Waals surface area (Å²) >= 11 is 0. The van der Waals surface area contributed by atoms with Gasteiger partial charge in [-0.05, 0) is 85.6 Å². The zero-order valence-corrected chi connectivity index (χ0v) is 14.6. The Morgan fingerprint density at radius 2 is 0.923 bits per heavy atom. The first-order chi connectivity index (χ1) is 12.5. The summed E-state index contributed by atoms with van der Waals surface area (Å²) in [6, 6.07) is 18.0. The number of fused-ring (bicyclic) bond motifs is 1. The SMILES string of the molecule is Cc1cc2nc(-c3ccc(O)cc3)c(-c3ccc(O)cc3)nc2cc1C. The Balaban J connectivity index is 2.02. The van der Waals surface area contributed by atoms with Crippen LogP contribution >= 0.6 is 0 Å². The minimum Gasteiger partial charge on any atom is -0.508 e. The number of rotatable bonds is 2. The van der Waals surface area contributed by atoms with E-state index in [1.807, 2.05) is 36.4 Å². The van der Waals surface area contributed by atoms with Crippen molar-refractivity contribution in [3.05, 3.63) is 71.8 Å². The average Bonchev–Trinajstić information content (AvgIpc) is 2.63. The first-order valence-electron chi connectivity index (χ1n) is 8.39. The Hall–Kier alpha value is -3.40. The number of aromatic nitrogens is 2. The van der Waals surface area contributed by atoms with Crippen LogP contribution in [-0.2, 0) is 0 Å². The van der Waals surface area contributed by atoms with E-state index in [4.69, 9.17) is 9.97 Å². The van der Waals surface area contributed by atoms with E-state index in [9.17, 15) is 10.2 Å². The first kappa shape index (κ1) is 16.1. The summed E-state index contributed by atoms with van der Waals surface area (Å²) in [5.41, 5.74) is 7.23. The second-order valence-electron chi connectivity index (χ2n) is 6.44. The van der Waals surface area contributed by atoms with Crippen molar-refractivity contribution >= 4 is 11.0 Å². The second kappa shape index (κ2) is 6.15. The van der Waals surface area contributed by atoms with Crippen LogP contribution in [0.1, 0.15) is 11.1 Å². The summed E-state index contributed by atoms with van der Waals surface area (Å²) in [4.78, 5) is 9.74. The van der Waals surface area contributed by atoms with E-state index < -0.39 is 0 Å². The Bertz CT molecular complexity index is 1010. The summed E-state index contributed by atoms with van der Waals surface area (Å²) in [6.45, 7) is 4.12. The molecule has 0 spiro atoms. The van der Waals surface area contributed by atoms with Crippen molar-refractivity contribution in [2.45, 2.75) is 13.8 Å². The van der Waals surface area contributed by atoms with Crippen molar-refractivity contribution in [1.82, 2.24) is 9.97 Å². The molecule has 0 radical (unpaired) electrons. The number of aromatic hydroxyl groups is 2. The predicted octanol–water partition coefficient (Wildman–Crippen LogP) is 4.99. The molecule has 4 rings (SSSR count). The highest BCUT2D eigenvalue weighted by atomic mass is 16.3. The van der Waals surface area contributed by atoms with Gasteiger partial charge in [0.2, 0.25) is 0 Å². The molecular weight excluding hydrogens is 324 g/mol. The van der Waals surface area contributed by atoms with Crippen LogP contribution in [0.3, 0.4) is 0 Å². The van der Waals surface area contributed by atoms with Gasteiger partial charge in [0.1, 0.15) is 11.5 Å². The molecule has 26 heavy (non-hydrogen) atoms. The summed E-state index contributed by atoms with van der Waals surface area (Å²) in [7, 11) is 0. The van der Waals surface area contributed by atoms with Gasteiger partial charge in [0.05, 0.1) is 22.4 Å². The number of nitrogens with zero attached hydrogens (tertiary/aromatic N) is 2. The molecule has 1 heterocycles. The van der Waals surface area contributed by atoms with Gasteiger partial charge in [0.25, 0.3) is 0 Å². The molecule has 0 fully saturated rings. The third-order valence-electron chi connectivity index (χ3n) is 4.56. The van der Waals surface area contributed by atoms with Crippen molar-refractivity contribution in [3.63, 3.8) is 0 Å². The Kier molecular flexibility index (Phi) is 3.81. The van der Waals surface area contributed by atoms with Gasteiger partial charge in [-0.2, -0.15) is 0 Å². The second-order valence-corrected chi connectivity index (χ2v) is 6.44. The number of phenolic OH excluding ortho intramolecular Hbond substituents is 2. The van der Waals surface area contributed by atoms with Crippen molar-refractivity contribution in [2.75, 3.05) is 0 Å². The van der Waals surface area contributed by atoms with E-state index in [-0.39, 0.29) is 11.5 Å². The van der Waals surface area contributed by atoms with Gasteiger partial charge in [0, 0.05) is 11.1 Å². The Morgan fingerprint density at radius 3 is 1.27 bits per heavy atom. The van der Waals surface area contributed by atoms with E-state index in [1.165, 1.54) is 11.1 Å². The van der Waals surface area contributed by atoms with Crippen molar-refractivity contribution < 1.29 is 10.2 Å². The number of aryl methyl sites for hydroxylation is 2. The van der Waals surface area contributed by atoms with Crippen LogP contribution in [-0.4, -0.2) is 20.2 Å². The van der Waals surface area contributed by atoms with Crippen molar-refractivity contribution in [1.29, 1.82) is 0 Å². The molecule has 0 atom stereocenters. The molecule has 0 bridgehead atoms. The zero-order chi connectivity index (χ0) is 18.3. The number of benzene rings is 3. The molecule has 0 aliphatic carbocycles. The molecule has 128 valence electrons. The zero-order valence-electron chi connectivity index (χ0n) is 14.6. The molecule has 0 saturated heterocycles. The maximum absolute atomic E-state index is 9.60. The fraction of sp³-hybridized carbons (Fsp3) is 0.0909. The van der Waals surface area contributed by atoms with Crippen molar-refractivity contribution in [2.24, 2.45) is 0 Å². The quantitative estimate of drug-likeness (QED) is 0.538. The van der Waals surface area contributed by atoms with Crippen LogP contribution in [0.15, 0.2) is 60.7 Å². The normalized spacial score (nSPS) is 11.0. The third-order valence-corrected chi connectivity index (χ3v) is 4.56. The van der Waals surface area contributed by atoms with E-state index >= 15 is 0 Å². The van der Waals surface area contributed by atoms with Gasteiger partial charge in [-0.3, -0.25) is 0 Å². The van der Waals surface area contributed by atoms with Crippen LogP contribution in [0.2, 0.25) is 0 Å². The largest absolute Gasteiger partial charge is 0.508 e. The van der Waals surface area contributed by atoms with Gasteiger partial charge in [-0.1, -0.05) is 0 Å². The van der Waals surface area contributed by atoms with E-state index in [1.54, 1.807) is 24.3 Å². The molecule has 0 amide bonds. The number of hydrogen-bond acceptors (Lipinski definition) is 4. The summed E-state index contributed by atoms with van der Waals surface area (Å²) in [5, 5.41) is 19.2. The van der Waals surface area contributed by atoms with Gasteiger partial charge >= 0.3 is 0 Å². The molecule has 2 N–H and O–H groups in total. The van der Waals surface area contributed by atoms with Gasteiger partial charge in [-0.15, -0.1) is 0 Å². The fourth-order valence-corrected chi connectivity index (χ4v) is 2.95. The van der Waals surface area contributed by atoms with Crippen LogP contribution in [0.25, 0.3) is 33.5 Å². The molecule has 0 saturated carbocycles.